The lowest BCUT2D eigenvalue weighted by atomic mass is 9.92. The average Bonchev–Trinajstić information content (AvgIpc) is 2.47. The maximum absolute atomic E-state index is 11.8. The zero-order valence-electron chi connectivity index (χ0n) is 12.4. The number of aliphatic carboxylic acids is 1. The number of carbonyl (C=O) groups excluding carboxylic acids is 1. The van der Waals surface area contributed by atoms with Crippen molar-refractivity contribution >= 4 is 12.0 Å². The van der Waals surface area contributed by atoms with Crippen LogP contribution < -0.4 is 10.6 Å². The van der Waals surface area contributed by atoms with Gasteiger partial charge in [0.2, 0.25) is 0 Å². The maximum Gasteiger partial charge on any atom is 0.333 e. The molecule has 0 aliphatic carbocycles. The molecule has 1 aromatic rings. The SMILES string of the molecule is CCOCCCNC(=O)NC(C)(C(=O)O)c1ccccc1. The van der Waals surface area contributed by atoms with Crippen LogP contribution in [0, 0.1) is 0 Å². The molecule has 1 rings (SSSR count). The summed E-state index contributed by atoms with van der Waals surface area (Å²) in [6.07, 6.45) is 0.677. The van der Waals surface area contributed by atoms with E-state index in [1.54, 1.807) is 30.3 Å². The number of hydrogen-bond donors (Lipinski definition) is 3. The van der Waals surface area contributed by atoms with Gasteiger partial charge in [-0.1, -0.05) is 30.3 Å². The quantitative estimate of drug-likeness (QED) is 0.637. The minimum Gasteiger partial charge on any atom is -0.479 e. The summed E-state index contributed by atoms with van der Waals surface area (Å²) < 4.78 is 5.16. The third-order valence-corrected chi connectivity index (χ3v) is 3.10. The van der Waals surface area contributed by atoms with Gasteiger partial charge in [0.15, 0.2) is 5.54 Å². The molecule has 0 bridgehead atoms. The van der Waals surface area contributed by atoms with Gasteiger partial charge >= 0.3 is 12.0 Å². The van der Waals surface area contributed by atoms with Gasteiger partial charge in [-0.05, 0) is 25.8 Å². The zero-order valence-corrected chi connectivity index (χ0v) is 12.4. The van der Waals surface area contributed by atoms with Crippen LogP contribution in [-0.4, -0.2) is 36.9 Å². The Balaban J connectivity index is 2.59. The Morgan fingerprint density at radius 3 is 2.52 bits per heavy atom. The van der Waals surface area contributed by atoms with Gasteiger partial charge in [0.1, 0.15) is 0 Å². The van der Waals surface area contributed by atoms with Gasteiger partial charge in [-0.25, -0.2) is 9.59 Å². The molecule has 1 atom stereocenters. The van der Waals surface area contributed by atoms with Gasteiger partial charge in [0.05, 0.1) is 0 Å². The monoisotopic (exact) mass is 294 g/mol. The third-order valence-electron chi connectivity index (χ3n) is 3.10. The van der Waals surface area contributed by atoms with E-state index in [1.165, 1.54) is 6.92 Å². The number of nitrogens with one attached hydrogen (secondary N) is 2. The number of urea groups is 1. The molecule has 21 heavy (non-hydrogen) atoms. The van der Waals surface area contributed by atoms with Crippen molar-refractivity contribution in [1.29, 1.82) is 0 Å². The second kappa shape index (κ2) is 8.26. The average molecular weight is 294 g/mol. The highest BCUT2D eigenvalue weighted by molar-refractivity contribution is 5.87. The molecule has 0 heterocycles. The van der Waals surface area contributed by atoms with Gasteiger partial charge in [0, 0.05) is 19.8 Å². The molecule has 0 saturated carbocycles. The van der Waals surface area contributed by atoms with E-state index in [9.17, 15) is 14.7 Å². The number of amides is 2. The highest BCUT2D eigenvalue weighted by atomic mass is 16.5. The first-order chi connectivity index (χ1) is 10.0. The van der Waals surface area contributed by atoms with Gasteiger partial charge in [-0.15, -0.1) is 0 Å². The van der Waals surface area contributed by atoms with Crippen LogP contribution in [0.3, 0.4) is 0 Å². The number of hydrogen-bond acceptors (Lipinski definition) is 3. The van der Waals surface area contributed by atoms with Gasteiger partial charge in [-0.3, -0.25) is 0 Å². The minimum atomic E-state index is -1.47. The standard InChI is InChI=1S/C15H22N2O4/c1-3-21-11-7-10-16-14(20)17-15(2,13(18)19)12-8-5-4-6-9-12/h4-6,8-9H,3,7,10-11H2,1-2H3,(H,18,19)(H2,16,17,20). The van der Waals surface area contributed by atoms with Crippen molar-refractivity contribution in [1.82, 2.24) is 10.6 Å². The van der Waals surface area contributed by atoms with Crippen molar-refractivity contribution in [2.75, 3.05) is 19.8 Å². The van der Waals surface area contributed by atoms with E-state index in [-0.39, 0.29) is 0 Å². The van der Waals surface area contributed by atoms with Crippen LogP contribution in [0.15, 0.2) is 30.3 Å². The summed E-state index contributed by atoms with van der Waals surface area (Å²) >= 11 is 0. The van der Waals surface area contributed by atoms with E-state index < -0.39 is 17.5 Å². The largest absolute Gasteiger partial charge is 0.479 e. The molecule has 0 fully saturated rings. The molecular weight excluding hydrogens is 272 g/mol. The first-order valence-electron chi connectivity index (χ1n) is 6.93. The molecule has 1 aromatic carbocycles. The summed E-state index contributed by atoms with van der Waals surface area (Å²) in [6.45, 7) is 4.99. The Morgan fingerprint density at radius 2 is 1.95 bits per heavy atom. The van der Waals surface area contributed by atoms with Crippen molar-refractivity contribution in [3.63, 3.8) is 0 Å². The highest BCUT2D eigenvalue weighted by Gasteiger charge is 2.36. The number of carboxylic acid groups (broad SMARTS) is 1. The van der Waals surface area contributed by atoms with Crippen LogP contribution in [0.1, 0.15) is 25.8 Å². The number of carboxylic acids is 1. The van der Waals surface area contributed by atoms with Crippen LogP contribution in [0.25, 0.3) is 0 Å². The second-order valence-corrected chi connectivity index (χ2v) is 4.73. The van der Waals surface area contributed by atoms with Crippen LogP contribution in [-0.2, 0) is 15.1 Å². The molecule has 0 spiro atoms. The third kappa shape index (κ3) is 5.07. The molecule has 6 heteroatoms. The maximum atomic E-state index is 11.8. The van der Waals surface area contributed by atoms with Crippen LogP contribution in [0.2, 0.25) is 0 Å². The molecule has 0 saturated heterocycles. The Labute approximate surface area is 124 Å². The molecular formula is C15H22N2O4. The van der Waals surface area contributed by atoms with E-state index in [1.807, 2.05) is 6.92 Å². The zero-order chi connectivity index (χ0) is 15.7. The smallest absolute Gasteiger partial charge is 0.333 e. The van der Waals surface area contributed by atoms with Crippen molar-refractivity contribution in [2.24, 2.45) is 0 Å². The number of ether oxygens (including phenoxy) is 1. The molecule has 6 nitrogen and oxygen atoms in total. The Kier molecular flexibility index (Phi) is 6.68. The lowest BCUT2D eigenvalue weighted by Gasteiger charge is -2.26. The fourth-order valence-corrected chi connectivity index (χ4v) is 1.81. The number of carbonyl (C=O) groups is 2. The predicted molar refractivity (Wildman–Crippen MR) is 79.1 cm³/mol. The van der Waals surface area contributed by atoms with Crippen LogP contribution in [0.5, 0.6) is 0 Å². The first-order valence-corrected chi connectivity index (χ1v) is 6.93. The fraction of sp³-hybridized carbons (Fsp3) is 0.467. The Morgan fingerprint density at radius 1 is 1.29 bits per heavy atom. The van der Waals surface area contributed by atoms with E-state index in [0.717, 1.165) is 0 Å². The molecule has 0 aliphatic rings. The van der Waals surface area contributed by atoms with Crippen molar-refractivity contribution in [3.05, 3.63) is 35.9 Å². The second-order valence-electron chi connectivity index (χ2n) is 4.73. The molecule has 3 N–H and O–H groups in total. The molecule has 0 aliphatic heterocycles. The first kappa shape index (κ1) is 17.0. The summed E-state index contributed by atoms with van der Waals surface area (Å²) in [6, 6.07) is 8.09. The van der Waals surface area contributed by atoms with E-state index >= 15 is 0 Å². The number of benzene rings is 1. The van der Waals surface area contributed by atoms with Gasteiger partial charge < -0.3 is 20.5 Å². The lowest BCUT2D eigenvalue weighted by Crippen LogP contribution is -2.53. The molecule has 1 unspecified atom stereocenters. The van der Waals surface area contributed by atoms with Crippen molar-refractivity contribution < 1.29 is 19.4 Å². The van der Waals surface area contributed by atoms with Crippen LogP contribution >= 0.6 is 0 Å². The van der Waals surface area contributed by atoms with Gasteiger partial charge in [0.25, 0.3) is 0 Å². The molecule has 2 amide bonds. The fourth-order valence-electron chi connectivity index (χ4n) is 1.81. The van der Waals surface area contributed by atoms with Gasteiger partial charge in [-0.2, -0.15) is 0 Å². The minimum absolute atomic E-state index is 0.427. The summed E-state index contributed by atoms with van der Waals surface area (Å²) in [4.78, 5) is 23.4. The van der Waals surface area contributed by atoms with E-state index in [0.29, 0.717) is 31.7 Å². The molecule has 0 radical (unpaired) electrons. The summed E-state index contributed by atoms with van der Waals surface area (Å²) in [7, 11) is 0. The van der Waals surface area contributed by atoms with E-state index in [2.05, 4.69) is 10.6 Å². The van der Waals surface area contributed by atoms with E-state index in [4.69, 9.17) is 4.74 Å². The lowest BCUT2D eigenvalue weighted by molar-refractivity contribution is -0.144. The Bertz CT molecular complexity index is 464. The topological polar surface area (TPSA) is 87.7 Å². The predicted octanol–water partition coefficient (Wildman–Crippen LogP) is 1.71. The summed E-state index contributed by atoms with van der Waals surface area (Å²) in [5, 5.41) is 14.6. The number of rotatable bonds is 8. The normalized spacial score (nSPS) is 13.2. The Hall–Kier alpha value is -2.08. The molecule has 0 aromatic heterocycles. The van der Waals surface area contributed by atoms with Crippen LogP contribution in [0.4, 0.5) is 4.79 Å². The summed E-state index contributed by atoms with van der Waals surface area (Å²) in [5.74, 6) is -1.11. The van der Waals surface area contributed by atoms with Crippen molar-refractivity contribution in [3.8, 4) is 0 Å². The van der Waals surface area contributed by atoms with Crippen molar-refractivity contribution in [2.45, 2.75) is 25.8 Å². The molecule has 116 valence electrons. The highest BCUT2D eigenvalue weighted by Crippen LogP contribution is 2.20. The summed E-state index contributed by atoms with van der Waals surface area (Å²) in [5.41, 5.74) is -0.951.